The van der Waals surface area contributed by atoms with Crippen molar-refractivity contribution in [2.24, 2.45) is 23.0 Å². The lowest BCUT2D eigenvalue weighted by molar-refractivity contribution is -0.151. The number of ether oxygens (including phenoxy) is 1. The molecule has 39 heavy (non-hydrogen) atoms. The van der Waals surface area contributed by atoms with Gasteiger partial charge in [-0.25, -0.2) is 4.79 Å². The first-order valence-corrected chi connectivity index (χ1v) is 14.2. The van der Waals surface area contributed by atoms with Gasteiger partial charge in [-0.05, 0) is 86.3 Å². The molecular weight excluding hydrogens is 488 g/mol. The zero-order chi connectivity index (χ0) is 28.9. The highest BCUT2D eigenvalue weighted by Gasteiger charge is 2.41. The molecule has 0 spiro atoms. The molecule has 1 unspecified atom stereocenters. The highest BCUT2D eigenvalue weighted by molar-refractivity contribution is 5.80. The average Bonchev–Trinajstić information content (AvgIpc) is 2.92. The van der Waals surface area contributed by atoms with E-state index in [1.807, 2.05) is 40.0 Å². The van der Waals surface area contributed by atoms with E-state index in [9.17, 15) is 9.59 Å². The van der Waals surface area contributed by atoms with Gasteiger partial charge in [0.15, 0.2) is 0 Å². The quantitative estimate of drug-likeness (QED) is 0.242. The number of esters is 1. The van der Waals surface area contributed by atoms with Crippen LogP contribution in [0.2, 0.25) is 0 Å². The van der Waals surface area contributed by atoms with E-state index in [0.29, 0.717) is 24.7 Å². The number of nitrogens with zero attached hydrogens (tertiary/aromatic N) is 1. The summed E-state index contributed by atoms with van der Waals surface area (Å²) < 4.78 is 5.25. The fourth-order valence-electron chi connectivity index (χ4n) is 6.26. The predicted molar refractivity (Wildman–Crippen MR) is 160 cm³/mol. The Morgan fingerprint density at radius 2 is 1.74 bits per heavy atom. The van der Waals surface area contributed by atoms with Gasteiger partial charge in [0.05, 0.1) is 23.9 Å². The molecule has 1 atom stereocenters. The number of hydrogen-bond acceptors (Lipinski definition) is 5. The smallest absolute Gasteiger partial charge is 0.315 e. The predicted octanol–water partition coefficient (Wildman–Crippen LogP) is 6.36. The molecule has 0 aromatic heterocycles. The van der Waals surface area contributed by atoms with Gasteiger partial charge in [0, 0.05) is 26.1 Å². The number of nitrogen functional groups attached to an aromatic ring is 1. The largest absolute Gasteiger partial charge is 0.469 e. The number of carbonyl (C=O) groups excluding carboxylic acids is 2. The van der Waals surface area contributed by atoms with Crippen LogP contribution in [0.3, 0.4) is 0 Å². The van der Waals surface area contributed by atoms with Gasteiger partial charge in [-0.15, -0.1) is 0 Å². The molecule has 1 aliphatic rings. The van der Waals surface area contributed by atoms with Gasteiger partial charge < -0.3 is 26.4 Å². The first kappa shape index (κ1) is 30.3. The zero-order valence-electron chi connectivity index (χ0n) is 24.9. The van der Waals surface area contributed by atoms with Crippen molar-refractivity contribution in [2.75, 3.05) is 31.8 Å². The van der Waals surface area contributed by atoms with Crippen molar-refractivity contribution >= 4 is 23.4 Å². The zero-order valence-corrected chi connectivity index (χ0v) is 24.9. The maximum Gasteiger partial charge on any atom is 0.315 e. The number of nitrogens with two attached hydrogens (primary N) is 2. The van der Waals surface area contributed by atoms with Crippen LogP contribution < -0.4 is 16.8 Å². The number of rotatable bonds is 10. The summed E-state index contributed by atoms with van der Waals surface area (Å²) in [6, 6.07) is 9.85. The second-order valence-corrected chi connectivity index (χ2v) is 11.8. The molecule has 1 saturated carbocycles. The highest BCUT2D eigenvalue weighted by atomic mass is 16.5. The Kier molecular flexibility index (Phi) is 9.92. The fraction of sp³-hybridized carbons (Fsp3) is 0.562. The van der Waals surface area contributed by atoms with E-state index in [2.05, 4.69) is 37.4 Å². The summed E-state index contributed by atoms with van der Waals surface area (Å²) in [6.45, 7) is 11.2. The summed E-state index contributed by atoms with van der Waals surface area (Å²) in [5, 5.41) is 3.14. The van der Waals surface area contributed by atoms with Crippen LogP contribution in [0, 0.1) is 31.1 Å². The number of methoxy groups -OCH3 is 1. The van der Waals surface area contributed by atoms with E-state index in [4.69, 9.17) is 16.2 Å². The van der Waals surface area contributed by atoms with Crippen molar-refractivity contribution < 1.29 is 14.3 Å². The minimum absolute atomic E-state index is 0.299. The van der Waals surface area contributed by atoms with Crippen molar-refractivity contribution in [1.82, 2.24) is 4.90 Å². The number of nitrogens with one attached hydrogen (secondary N) is 1. The molecule has 7 nitrogen and oxygen atoms in total. The third-order valence-electron chi connectivity index (χ3n) is 8.97. The molecule has 2 aromatic rings. The molecule has 0 bridgehead atoms. The van der Waals surface area contributed by atoms with E-state index in [1.54, 1.807) is 4.90 Å². The van der Waals surface area contributed by atoms with Crippen molar-refractivity contribution in [3.05, 3.63) is 58.1 Å². The normalized spacial score (nSPS) is 18.3. The number of hydrogen-bond donors (Lipinski definition) is 3. The lowest BCUT2D eigenvalue weighted by Crippen LogP contribution is -2.39. The number of benzene rings is 2. The monoisotopic (exact) mass is 536 g/mol. The van der Waals surface area contributed by atoms with Crippen molar-refractivity contribution in [1.29, 1.82) is 0 Å². The van der Waals surface area contributed by atoms with Gasteiger partial charge in [0.25, 0.3) is 0 Å². The molecule has 7 heteroatoms. The molecule has 2 amide bonds. The Morgan fingerprint density at radius 3 is 2.31 bits per heavy atom. The lowest BCUT2D eigenvalue weighted by atomic mass is 9.69. The second kappa shape index (κ2) is 12.8. The summed E-state index contributed by atoms with van der Waals surface area (Å²) in [5.41, 5.74) is 18.0. The van der Waals surface area contributed by atoms with E-state index in [-0.39, 0.29) is 11.9 Å². The standard InChI is InChI=1S/C32H48N4O3/c1-8-22-10-12-23(13-11-22)18-36(31(34)38)19-25-17-24(14-9-20(25)2)28(32(4,5)30(37)39-7)26-15-16-27(35-6)29(33)21(26)3/h9,14-17,22-23,28,35H,8,10-13,18-19,33H2,1-7H3,(H2,34,38). The van der Waals surface area contributed by atoms with Gasteiger partial charge in [0.2, 0.25) is 0 Å². The van der Waals surface area contributed by atoms with E-state index < -0.39 is 11.4 Å². The summed E-state index contributed by atoms with van der Waals surface area (Å²) in [6.07, 6.45) is 5.95. The number of carbonyl (C=O) groups is 2. The minimum Gasteiger partial charge on any atom is -0.469 e. The first-order valence-electron chi connectivity index (χ1n) is 14.2. The van der Waals surface area contributed by atoms with Gasteiger partial charge in [0.1, 0.15) is 0 Å². The third kappa shape index (κ3) is 6.68. The van der Waals surface area contributed by atoms with Crippen LogP contribution in [0.25, 0.3) is 0 Å². The van der Waals surface area contributed by atoms with E-state index in [0.717, 1.165) is 52.3 Å². The van der Waals surface area contributed by atoms with E-state index in [1.165, 1.54) is 26.4 Å². The third-order valence-corrected chi connectivity index (χ3v) is 8.97. The molecule has 214 valence electrons. The molecule has 0 saturated heterocycles. The van der Waals surface area contributed by atoms with Gasteiger partial charge in [-0.2, -0.15) is 0 Å². The van der Waals surface area contributed by atoms with Gasteiger partial charge in [-0.3, -0.25) is 4.79 Å². The Bertz CT molecular complexity index is 1170. The molecule has 0 aliphatic heterocycles. The minimum atomic E-state index is -0.874. The average molecular weight is 537 g/mol. The lowest BCUT2D eigenvalue weighted by Gasteiger charge is -2.35. The number of aryl methyl sites for hydroxylation is 1. The molecule has 1 aliphatic carbocycles. The Labute approximate surface area is 234 Å². The molecule has 3 rings (SSSR count). The molecular formula is C32H48N4O3. The fourth-order valence-corrected chi connectivity index (χ4v) is 6.26. The number of amides is 2. The summed E-state index contributed by atoms with van der Waals surface area (Å²) in [7, 11) is 3.26. The van der Waals surface area contributed by atoms with Crippen LogP contribution in [-0.4, -0.2) is 37.6 Å². The SMILES string of the molecule is CCC1CCC(CN(Cc2cc(C(c3ccc(NC)c(N)c3C)C(C)(C)C(=O)OC)ccc2C)C(N)=O)CC1. The van der Waals surface area contributed by atoms with Crippen LogP contribution in [0.4, 0.5) is 16.2 Å². The second-order valence-electron chi connectivity index (χ2n) is 11.8. The molecule has 1 fully saturated rings. The Morgan fingerprint density at radius 1 is 1.10 bits per heavy atom. The molecule has 5 N–H and O–H groups in total. The molecule has 0 radical (unpaired) electrons. The summed E-state index contributed by atoms with van der Waals surface area (Å²) in [4.78, 5) is 27.4. The van der Waals surface area contributed by atoms with Crippen LogP contribution in [-0.2, 0) is 16.1 Å². The van der Waals surface area contributed by atoms with Gasteiger partial charge in [-0.1, -0.05) is 50.5 Å². The Hall–Kier alpha value is -3.22. The summed E-state index contributed by atoms with van der Waals surface area (Å²) >= 11 is 0. The number of urea groups is 1. The molecule has 2 aromatic carbocycles. The maximum absolute atomic E-state index is 13.1. The highest BCUT2D eigenvalue weighted by Crippen LogP contribution is 2.45. The number of primary amides is 1. The summed E-state index contributed by atoms with van der Waals surface area (Å²) in [5.74, 6) is 0.665. The van der Waals surface area contributed by atoms with Crippen molar-refractivity contribution in [3.63, 3.8) is 0 Å². The maximum atomic E-state index is 13.1. The van der Waals surface area contributed by atoms with Crippen molar-refractivity contribution in [3.8, 4) is 0 Å². The van der Waals surface area contributed by atoms with Gasteiger partial charge >= 0.3 is 12.0 Å². The van der Waals surface area contributed by atoms with Crippen LogP contribution in [0.15, 0.2) is 30.3 Å². The first-order chi connectivity index (χ1) is 18.4. The van der Waals surface area contributed by atoms with Crippen LogP contribution in [0.5, 0.6) is 0 Å². The molecule has 0 heterocycles. The van der Waals surface area contributed by atoms with E-state index >= 15 is 0 Å². The number of anilines is 2. The topological polar surface area (TPSA) is 111 Å². The Balaban J connectivity index is 2.01. The van der Waals surface area contributed by atoms with Crippen LogP contribution in [0.1, 0.15) is 86.6 Å². The van der Waals surface area contributed by atoms with Crippen LogP contribution >= 0.6 is 0 Å². The van der Waals surface area contributed by atoms with Crippen molar-refractivity contribution in [2.45, 2.75) is 79.2 Å².